The minimum atomic E-state index is 0.651. The lowest BCUT2D eigenvalue weighted by Gasteiger charge is -1.92. The summed E-state index contributed by atoms with van der Waals surface area (Å²) in [5.74, 6) is 0. The highest BCUT2D eigenvalue weighted by Gasteiger charge is 1.84. The van der Waals surface area contributed by atoms with Crippen molar-refractivity contribution in [1.82, 2.24) is 0 Å². The largest absolute Gasteiger partial charge is 0.390 e. The summed E-state index contributed by atoms with van der Waals surface area (Å²) in [6.07, 6.45) is 2.67. The number of aliphatic imine (C=N–C) groups is 2. The van der Waals surface area contributed by atoms with Crippen molar-refractivity contribution < 1.29 is 0 Å². The molecule has 0 spiro atoms. The second-order valence-corrected chi connectivity index (χ2v) is 2.24. The Kier molecular flexibility index (Phi) is 3.57. The van der Waals surface area contributed by atoms with Crippen LogP contribution in [0.4, 0.5) is 0 Å². The van der Waals surface area contributed by atoms with Gasteiger partial charge in [-0.15, -0.1) is 0 Å². The molecule has 0 atom stereocenters. The van der Waals surface area contributed by atoms with Crippen LogP contribution in [0.5, 0.6) is 0 Å². The van der Waals surface area contributed by atoms with Gasteiger partial charge in [-0.25, -0.2) is 4.99 Å². The molecular weight excluding hydrogens is 150 g/mol. The standard InChI is InChI=1S/C9H11N3/c10-7-12-8-11-6-9-4-2-1-3-5-9/h1-5,7-8H,6H2,(H2,10,11,12). The van der Waals surface area contributed by atoms with Gasteiger partial charge in [0.05, 0.1) is 12.9 Å². The van der Waals surface area contributed by atoms with E-state index >= 15 is 0 Å². The van der Waals surface area contributed by atoms with Crippen molar-refractivity contribution in [2.75, 3.05) is 0 Å². The molecule has 0 saturated carbocycles. The fourth-order valence-electron chi connectivity index (χ4n) is 0.815. The third-order valence-corrected chi connectivity index (χ3v) is 1.35. The van der Waals surface area contributed by atoms with Crippen LogP contribution in [0.15, 0.2) is 40.3 Å². The summed E-state index contributed by atoms with van der Waals surface area (Å²) < 4.78 is 0. The molecule has 0 fully saturated rings. The summed E-state index contributed by atoms with van der Waals surface area (Å²) in [5.41, 5.74) is 6.19. The monoisotopic (exact) mass is 161 g/mol. The molecule has 12 heavy (non-hydrogen) atoms. The summed E-state index contributed by atoms with van der Waals surface area (Å²) >= 11 is 0. The van der Waals surface area contributed by atoms with E-state index < -0.39 is 0 Å². The zero-order valence-corrected chi connectivity index (χ0v) is 6.72. The number of nitrogens with zero attached hydrogens (tertiary/aromatic N) is 2. The molecule has 1 aromatic rings. The molecule has 0 aliphatic heterocycles. The van der Waals surface area contributed by atoms with E-state index in [1.807, 2.05) is 30.3 Å². The predicted molar refractivity (Wildman–Crippen MR) is 51.3 cm³/mol. The van der Waals surface area contributed by atoms with Crippen LogP contribution in [0.25, 0.3) is 0 Å². The fraction of sp³-hybridized carbons (Fsp3) is 0.111. The van der Waals surface area contributed by atoms with E-state index in [4.69, 9.17) is 5.73 Å². The fourth-order valence-corrected chi connectivity index (χ4v) is 0.815. The summed E-state index contributed by atoms with van der Waals surface area (Å²) in [5, 5.41) is 0. The number of nitrogens with two attached hydrogens (primary N) is 1. The molecule has 0 radical (unpaired) electrons. The van der Waals surface area contributed by atoms with Gasteiger partial charge in [0.1, 0.15) is 6.34 Å². The second kappa shape index (κ2) is 5.07. The Morgan fingerprint density at radius 3 is 2.67 bits per heavy atom. The van der Waals surface area contributed by atoms with Gasteiger partial charge in [-0.3, -0.25) is 4.99 Å². The van der Waals surface area contributed by atoms with Gasteiger partial charge >= 0.3 is 0 Å². The first-order chi connectivity index (χ1) is 5.93. The van der Waals surface area contributed by atoms with Crippen molar-refractivity contribution in [3.63, 3.8) is 0 Å². The first-order valence-electron chi connectivity index (χ1n) is 3.69. The lowest BCUT2D eigenvalue weighted by Crippen LogP contribution is -1.88. The van der Waals surface area contributed by atoms with E-state index in [0.717, 1.165) is 0 Å². The Morgan fingerprint density at radius 2 is 2.00 bits per heavy atom. The van der Waals surface area contributed by atoms with E-state index in [1.54, 1.807) is 0 Å². The van der Waals surface area contributed by atoms with E-state index in [-0.39, 0.29) is 0 Å². The van der Waals surface area contributed by atoms with Crippen molar-refractivity contribution in [3.05, 3.63) is 35.9 Å². The van der Waals surface area contributed by atoms with Gasteiger partial charge in [-0.1, -0.05) is 30.3 Å². The third kappa shape index (κ3) is 2.96. The van der Waals surface area contributed by atoms with Crippen LogP contribution >= 0.6 is 0 Å². The Balaban J connectivity index is 2.43. The van der Waals surface area contributed by atoms with Crippen molar-refractivity contribution in [2.24, 2.45) is 15.7 Å². The number of benzene rings is 1. The molecule has 3 nitrogen and oxygen atoms in total. The van der Waals surface area contributed by atoms with Gasteiger partial charge in [0.2, 0.25) is 0 Å². The maximum atomic E-state index is 5.03. The van der Waals surface area contributed by atoms with Gasteiger partial charge in [-0.2, -0.15) is 0 Å². The molecule has 1 rings (SSSR count). The van der Waals surface area contributed by atoms with Gasteiger partial charge in [0.15, 0.2) is 0 Å². The van der Waals surface area contributed by atoms with Crippen molar-refractivity contribution in [2.45, 2.75) is 6.54 Å². The van der Waals surface area contributed by atoms with Gasteiger partial charge in [-0.05, 0) is 5.56 Å². The summed E-state index contributed by atoms with van der Waals surface area (Å²) in [7, 11) is 0. The number of hydrogen-bond acceptors (Lipinski definition) is 1. The maximum absolute atomic E-state index is 5.03. The van der Waals surface area contributed by atoms with E-state index in [1.165, 1.54) is 18.2 Å². The molecule has 0 saturated heterocycles. The van der Waals surface area contributed by atoms with Crippen LogP contribution in [0, 0.1) is 0 Å². The van der Waals surface area contributed by atoms with Crippen molar-refractivity contribution in [3.8, 4) is 0 Å². The predicted octanol–water partition coefficient (Wildman–Crippen LogP) is 1.20. The molecule has 0 aromatic heterocycles. The van der Waals surface area contributed by atoms with Crippen LogP contribution in [-0.4, -0.2) is 12.7 Å². The highest BCUT2D eigenvalue weighted by Crippen LogP contribution is 1.98. The molecule has 1 aromatic carbocycles. The minimum Gasteiger partial charge on any atom is -0.390 e. The van der Waals surface area contributed by atoms with Crippen LogP contribution in [-0.2, 0) is 6.54 Å². The van der Waals surface area contributed by atoms with Crippen LogP contribution in [0.1, 0.15) is 5.56 Å². The maximum Gasteiger partial charge on any atom is 0.112 e. The summed E-state index contributed by atoms with van der Waals surface area (Å²) in [4.78, 5) is 7.68. The summed E-state index contributed by atoms with van der Waals surface area (Å²) in [6, 6.07) is 9.98. The van der Waals surface area contributed by atoms with Gasteiger partial charge in [0.25, 0.3) is 0 Å². The Hall–Kier alpha value is -1.64. The van der Waals surface area contributed by atoms with Crippen LogP contribution in [0.2, 0.25) is 0 Å². The minimum absolute atomic E-state index is 0.651. The third-order valence-electron chi connectivity index (χ3n) is 1.35. The Labute approximate surface area is 71.7 Å². The van der Waals surface area contributed by atoms with Crippen LogP contribution in [0.3, 0.4) is 0 Å². The lowest BCUT2D eigenvalue weighted by molar-refractivity contribution is 1.07. The molecule has 0 unspecified atom stereocenters. The molecular formula is C9H11N3. The topological polar surface area (TPSA) is 50.7 Å². The van der Waals surface area contributed by atoms with Gasteiger partial charge in [0, 0.05) is 0 Å². The zero-order valence-electron chi connectivity index (χ0n) is 6.72. The summed E-state index contributed by atoms with van der Waals surface area (Å²) in [6.45, 7) is 0.651. The highest BCUT2D eigenvalue weighted by atomic mass is 14.9. The Morgan fingerprint density at radius 1 is 1.25 bits per heavy atom. The quantitative estimate of drug-likeness (QED) is 0.525. The van der Waals surface area contributed by atoms with Crippen molar-refractivity contribution >= 4 is 12.7 Å². The molecule has 0 heterocycles. The van der Waals surface area contributed by atoms with Crippen molar-refractivity contribution in [1.29, 1.82) is 0 Å². The van der Waals surface area contributed by atoms with E-state index in [0.29, 0.717) is 6.54 Å². The van der Waals surface area contributed by atoms with E-state index in [2.05, 4.69) is 9.98 Å². The second-order valence-electron chi connectivity index (χ2n) is 2.24. The molecule has 62 valence electrons. The first kappa shape index (κ1) is 8.46. The molecule has 0 bridgehead atoms. The molecule has 0 aliphatic carbocycles. The molecule has 0 amide bonds. The number of rotatable bonds is 3. The Bertz CT molecular complexity index is 264. The first-order valence-corrected chi connectivity index (χ1v) is 3.69. The molecule has 3 heteroatoms. The average molecular weight is 161 g/mol. The van der Waals surface area contributed by atoms with E-state index in [9.17, 15) is 0 Å². The number of hydrogen-bond donors (Lipinski definition) is 1. The average Bonchev–Trinajstić information content (AvgIpc) is 2.14. The highest BCUT2D eigenvalue weighted by molar-refractivity contribution is 5.69. The van der Waals surface area contributed by atoms with Crippen LogP contribution < -0.4 is 5.73 Å². The lowest BCUT2D eigenvalue weighted by atomic mass is 10.2. The smallest absolute Gasteiger partial charge is 0.112 e. The molecule has 2 N–H and O–H groups in total. The van der Waals surface area contributed by atoms with Gasteiger partial charge < -0.3 is 5.73 Å². The normalized spacial score (nSPS) is 11.3. The SMILES string of the molecule is NC=NC=NCc1ccccc1. The molecule has 0 aliphatic rings. The zero-order chi connectivity index (χ0) is 8.65.